The van der Waals surface area contributed by atoms with Crippen LogP contribution in [0, 0.1) is 5.41 Å². The van der Waals surface area contributed by atoms with Crippen molar-refractivity contribution in [3.05, 3.63) is 59.2 Å². The molecule has 0 spiro atoms. The SMILES string of the molecule is CC(C)=CCC(CO)(CC=C(C)C)COC(=O)c1ccccc1. The van der Waals surface area contributed by atoms with Crippen molar-refractivity contribution in [2.24, 2.45) is 5.41 Å². The summed E-state index contributed by atoms with van der Waals surface area (Å²) in [5.74, 6) is -0.349. The van der Waals surface area contributed by atoms with E-state index >= 15 is 0 Å². The van der Waals surface area contributed by atoms with E-state index in [1.165, 1.54) is 11.1 Å². The number of hydrogen-bond acceptors (Lipinski definition) is 3. The Hall–Kier alpha value is -1.87. The van der Waals surface area contributed by atoms with Crippen molar-refractivity contribution in [1.82, 2.24) is 0 Å². The molecule has 0 aromatic heterocycles. The summed E-state index contributed by atoms with van der Waals surface area (Å²) in [6, 6.07) is 8.94. The third-order valence-corrected chi connectivity index (χ3v) is 3.74. The molecule has 1 aromatic rings. The third kappa shape index (κ3) is 6.83. The molecule has 0 radical (unpaired) electrons. The lowest BCUT2D eigenvalue weighted by Crippen LogP contribution is -2.31. The maximum absolute atomic E-state index is 12.1. The lowest BCUT2D eigenvalue weighted by molar-refractivity contribution is 0.0116. The van der Waals surface area contributed by atoms with Gasteiger partial charge in [-0.1, -0.05) is 41.5 Å². The molecule has 0 bridgehead atoms. The molecule has 1 N–H and O–H groups in total. The molecule has 126 valence electrons. The Morgan fingerprint density at radius 2 is 1.57 bits per heavy atom. The molecule has 0 amide bonds. The fraction of sp³-hybridized carbons (Fsp3) is 0.450. The summed E-state index contributed by atoms with van der Waals surface area (Å²) in [6.45, 7) is 8.28. The van der Waals surface area contributed by atoms with Crippen LogP contribution < -0.4 is 0 Å². The van der Waals surface area contributed by atoms with Crippen molar-refractivity contribution < 1.29 is 14.6 Å². The fourth-order valence-corrected chi connectivity index (χ4v) is 2.09. The highest BCUT2D eigenvalue weighted by molar-refractivity contribution is 5.89. The molecule has 0 fully saturated rings. The van der Waals surface area contributed by atoms with Crippen molar-refractivity contribution in [1.29, 1.82) is 0 Å². The molecule has 0 saturated heterocycles. The summed E-state index contributed by atoms with van der Waals surface area (Å²) in [4.78, 5) is 12.1. The normalized spacial score (nSPS) is 10.8. The number of carbonyl (C=O) groups is 1. The number of rotatable bonds is 8. The second kappa shape index (κ2) is 9.31. The van der Waals surface area contributed by atoms with Gasteiger partial charge in [-0.3, -0.25) is 0 Å². The minimum absolute atomic E-state index is 0.0252. The number of esters is 1. The number of benzene rings is 1. The van der Waals surface area contributed by atoms with E-state index in [9.17, 15) is 9.90 Å². The molecular weight excluding hydrogens is 288 g/mol. The average molecular weight is 316 g/mol. The number of aliphatic hydroxyl groups excluding tert-OH is 1. The first-order valence-corrected chi connectivity index (χ1v) is 7.98. The molecule has 0 unspecified atom stereocenters. The maximum atomic E-state index is 12.1. The van der Waals surface area contributed by atoms with Gasteiger partial charge in [-0.25, -0.2) is 4.79 Å². The largest absolute Gasteiger partial charge is 0.461 e. The summed E-state index contributed by atoms with van der Waals surface area (Å²) < 4.78 is 5.49. The summed E-state index contributed by atoms with van der Waals surface area (Å²) in [7, 11) is 0. The van der Waals surface area contributed by atoms with Crippen molar-refractivity contribution in [3.63, 3.8) is 0 Å². The summed E-state index contributed by atoms with van der Waals surface area (Å²) >= 11 is 0. The van der Waals surface area contributed by atoms with Gasteiger partial charge in [0.25, 0.3) is 0 Å². The van der Waals surface area contributed by atoms with Crippen LogP contribution in [0.5, 0.6) is 0 Å². The Labute approximate surface area is 139 Å². The zero-order valence-electron chi connectivity index (χ0n) is 14.6. The quantitative estimate of drug-likeness (QED) is 0.566. The van der Waals surface area contributed by atoms with E-state index in [1.807, 2.05) is 45.9 Å². The van der Waals surface area contributed by atoms with Crippen LogP contribution in [0.15, 0.2) is 53.6 Å². The van der Waals surface area contributed by atoms with Gasteiger partial charge in [-0.05, 0) is 52.7 Å². The van der Waals surface area contributed by atoms with E-state index in [0.717, 1.165) is 0 Å². The Bertz CT molecular complexity index is 528. The smallest absolute Gasteiger partial charge is 0.338 e. The third-order valence-electron chi connectivity index (χ3n) is 3.74. The van der Waals surface area contributed by atoms with E-state index in [4.69, 9.17) is 4.74 Å². The lowest BCUT2D eigenvalue weighted by atomic mass is 9.81. The van der Waals surface area contributed by atoms with Crippen LogP contribution in [0.4, 0.5) is 0 Å². The molecule has 0 saturated carbocycles. The molecule has 1 rings (SSSR count). The molecular formula is C20H28O3. The molecule has 0 heterocycles. The first-order chi connectivity index (χ1) is 10.9. The van der Waals surface area contributed by atoms with Gasteiger partial charge in [-0.15, -0.1) is 0 Å². The highest BCUT2D eigenvalue weighted by Gasteiger charge is 2.29. The highest BCUT2D eigenvalue weighted by Crippen LogP contribution is 2.29. The Morgan fingerprint density at radius 1 is 1.04 bits per heavy atom. The highest BCUT2D eigenvalue weighted by atomic mass is 16.5. The molecule has 1 aromatic carbocycles. The molecule has 3 heteroatoms. The topological polar surface area (TPSA) is 46.5 Å². The van der Waals surface area contributed by atoms with Crippen LogP contribution in [-0.4, -0.2) is 24.3 Å². The fourth-order valence-electron chi connectivity index (χ4n) is 2.09. The van der Waals surface area contributed by atoms with E-state index in [1.54, 1.807) is 12.1 Å². The average Bonchev–Trinajstić information content (AvgIpc) is 2.55. The Morgan fingerprint density at radius 3 is 2.00 bits per heavy atom. The van der Waals surface area contributed by atoms with E-state index < -0.39 is 5.41 Å². The zero-order chi connectivity index (χ0) is 17.3. The van der Waals surface area contributed by atoms with Crippen molar-refractivity contribution in [2.45, 2.75) is 40.5 Å². The van der Waals surface area contributed by atoms with Crippen LogP contribution in [-0.2, 0) is 4.74 Å². The van der Waals surface area contributed by atoms with Crippen molar-refractivity contribution in [3.8, 4) is 0 Å². The number of allylic oxidation sites excluding steroid dienone is 4. The molecule has 3 nitrogen and oxygen atoms in total. The maximum Gasteiger partial charge on any atom is 0.338 e. The number of ether oxygens (including phenoxy) is 1. The number of hydrogen-bond donors (Lipinski definition) is 1. The van der Waals surface area contributed by atoms with Gasteiger partial charge >= 0.3 is 5.97 Å². The van der Waals surface area contributed by atoms with Crippen LogP contribution in [0.3, 0.4) is 0 Å². The standard InChI is InChI=1S/C20H28O3/c1-16(2)10-12-20(14-21,13-11-17(3)4)15-23-19(22)18-8-6-5-7-9-18/h5-11,21H,12-15H2,1-4H3. The monoisotopic (exact) mass is 316 g/mol. The van der Waals surface area contributed by atoms with E-state index in [-0.39, 0.29) is 19.2 Å². The molecule has 0 aliphatic carbocycles. The lowest BCUT2D eigenvalue weighted by Gasteiger charge is -2.29. The van der Waals surface area contributed by atoms with Gasteiger partial charge in [0.1, 0.15) is 6.61 Å². The van der Waals surface area contributed by atoms with Gasteiger partial charge in [0.2, 0.25) is 0 Å². The Balaban J connectivity index is 2.84. The minimum Gasteiger partial charge on any atom is -0.461 e. The predicted octanol–water partition coefficient (Wildman–Crippen LogP) is 4.53. The van der Waals surface area contributed by atoms with Crippen LogP contribution in [0.1, 0.15) is 50.9 Å². The first kappa shape index (κ1) is 19.2. The summed E-state index contributed by atoms with van der Waals surface area (Å²) in [6.07, 6.45) is 5.53. The van der Waals surface area contributed by atoms with Gasteiger partial charge in [0, 0.05) is 5.41 Å². The molecule has 0 atom stereocenters. The van der Waals surface area contributed by atoms with Crippen molar-refractivity contribution in [2.75, 3.05) is 13.2 Å². The second-order valence-corrected chi connectivity index (χ2v) is 6.57. The molecule has 0 aliphatic heterocycles. The van der Waals surface area contributed by atoms with Crippen LogP contribution >= 0.6 is 0 Å². The van der Waals surface area contributed by atoms with E-state index in [0.29, 0.717) is 18.4 Å². The van der Waals surface area contributed by atoms with E-state index in [2.05, 4.69) is 12.2 Å². The minimum atomic E-state index is -0.473. The van der Waals surface area contributed by atoms with Gasteiger partial charge in [0.05, 0.1) is 12.2 Å². The van der Waals surface area contributed by atoms with Gasteiger partial charge in [-0.2, -0.15) is 0 Å². The van der Waals surface area contributed by atoms with Gasteiger partial charge in [0.15, 0.2) is 0 Å². The zero-order valence-corrected chi connectivity index (χ0v) is 14.6. The summed E-state index contributed by atoms with van der Waals surface area (Å²) in [5.41, 5.74) is 2.44. The van der Waals surface area contributed by atoms with Crippen molar-refractivity contribution >= 4 is 5.97 Å². The summed E-state index contributed by atoms with van der Waals surface area (Å²) in [5, 5.41) is 9.94. The predicted molar refractivity (Wildman–Crippen MR) is 94.3 cm³/mol. The number of aliphatic hydroxyl groups is 1. The first-order valence-electron chi connectivity index (χ1n) is 7.98. The van der Waals surface area contributed by atoms with Crippen LogP contribution in [0.25, 0.3) is 0 Å². The molecule has 23 heavy (non-hydrogen) atoms. The Kier molecular flexibility index (Phi) is 7.76. The van der Waals surface area contributed by atoms with Gasteiger partial charge < -0.3 is 9.84 Å². The second-order valence-electron chi connectivity index (χ2n) is 6.57. The van der Waals surface area contributed by atoms with Crippen LogP contribution in [0.2, 0.25) is 0 Å². The number of carbonyl (C=O) groups excluding carboxylic acids is 1. The molecule has 0 aliphatic rings.